The average Bonchev–Trinajstić information content (AvgIpc) is 3.45. The van der Waals surface area contributed by atoms with Crippen molar-refractivity contribution < 1.29 is 22.0 Å². The molecule has 0 aliphatic carbocycles. The van der Waals surface area contributed by atoms with Gasteiger partial charge < -0.3 is 22.0 Å². The lowest BCUT2D eigenvalue weighted by molar-refractivity contribution is -0.890. The zero-order valence-electron chi connectivity index (χ0n) is 23.6. The molecule has 0 fully saturated rings. The van der Waals surface area contributed by atoms with Gasteiger partial charge in [0.1, 0.15) is 6.54 Å². The monoisotopic (exact) mass is 625 g/mol. The Morgan fingerprint density at radius 1 is 0.767 bits per heavy atom. The van der Waals surface area contributed by atoms with Crippen molar-refractivity contribution in [1.29, 1.82) is 0 Å². The topological polar surface area (TPSA) is 20.2 Å². The van der Waals surface area contributed by atoms with Gasteiger partial charge in [0.15, 0.2) is 23.0 Å². The van der Waals surface area contributed by atoms with E-state index in [4.69, 9.17) is 27.9 Å². The van der Waals surface area contributed by atoms with E-state index in [1.165, 1.54) is 32.7 Å². The molecule has 0 spiro atoms. The van der Waals surface area contributed by atoms with Crippen molar-refractivity contribution in [3.63, 3.8) is 0 Å². The molecule has 0 saturated heterocycles. The zero-order valence-corrected chi connectivity index (χ0v) is 25.8. The number of allylic oxidation sites excluding steroid dienone is 2. The van der Waals surface area contributed by atoms with Crippen LogP contribution in [0.4, 0.5) is 5.69 Å². The summed E-state index contributed by atoms with van der Waals surface area (Å²) in [6.07, 6.45) is 6.11. The molecule has 216 valence electrons. The number of quaternary nitrogens is 1. The Bertz CT molecular complexity index is 1800. The van der Waals surface area contributed by atoms with Crippen molar-refractivity contribution in [2.75, 3.05) is 11.9 Å². The molecular formula is C36H30Cl3N3O. The standard InChI is InChI=1S/C36H29Cl2N3O.ClH/c1-39-31-13-6-7-14-32(31)42-34(39)16-8-15-33-40(23-25-17-19-27-9-2-4-11-29(27)21-25)35(37)36(38)41(33)24-26-18-20-28-10-3-5-12-30(28)22-26;/h2-22,33H,23-24H2,1H3;1H/b15-8+,34-16-;. The van der Waals surface area contributed by atoms with E-state index in [0.717, 1.165) is 22.2 Å². The molecule has 7 rings (SSSR count). The van der Waals surface area contributed by atoms with Crippen molar-refractivity contribution in [2.45, 2.75) is 19.3 Å². The zero-order chi connectivity index (χ0) is 28.6. The van der Waals surface area contributed by atoms with Crippen molar-refractivity contribution in [3.8, 4) is 5.75 Å². The van der Waals surface area contributed by atoms with E-state index in [2.05, 4.69) is 113 Å². The molecule has 4 nitrogen and oxygen atoms in total. The maximum Gasteiger partial charge on any atom is 0.238 e. The molecular weight excluding hydrogens is 597 g/mol. The molecule has 5 aromatic carbocycles. The molecule has 2 heterocycles. The van der Waals surface area contributed by atoms with Crippen molar-refractivity contribution in [1.82, 2.24) is 4.90 Å². The Kier molecular flexibility index (Phi) is 8.38. The first kappa shape index (κ1) is 29.2. The van der Waals surface area contributed by atoms with E-state index in [0.29, 0.717) is 23.4 Å². The number of hydrogen-bond donors (Lipinski definition) is 1. The van der Waals surface area contributed by atoms with Gasteiger partial charge in [-0.3, -0.25) is 9.80 Å². The molecule has 5 aromatic rings. The highest BCUT2D eigenvalue weighted by molar-refractivity contribution is 6.38. The number of halogens is 3. The second-order valence-corrected chi connectivity index (χ2v) is 11.5. The Morgan fingerprint density at radius 3 is 2.07 bits per heavy atom. The number of nitrogens with zero attached hydrogens (tertiary/aromatic N) is 2. The summed E-state index contributed by atoms with van der Waals surface area (Å²) in [5, 5.41) is 6.05. The highest BCUT2D eigenvalue weighted by Crippen LogP contribution is 2.37. The van der Waals surface area contributed by atoms with Crippen LogP contribution in [-0.4, -0.2) is 18.1 Å². The van der Waals surface area contributed by atoms with E-state index >= 15 is 0 Å². The molecule has 0 amide bonds. The molecule has 0 aromatic heterocycles. The third-order valence-corrected chi connectivity index (χ3v) is 9.01. The number of rotatable bonds is 6. The summed E-state index contributed by atoms with van der Waals surface area (Å²) in [6.45, 7) is 1.33. The smallest absolute Gasteiger partial charge is 0.238 e. The Hall–Kier alpha value is -3.93. The molecule has 0 radical (unpaired) electrons. The molecule has 0 saturated carbocycles. The second kappa shape index (κ2) is 12.4. The molecule has 2 unspecified atom stereocenters. The molecule has 43 heavy (non-hydrogen) atoms. The Balaban J connectivity index is 0.00000329. The fraction of sp³-hybridized carbons (Fsp3) is 0.111. The van der Waals surface area contributed by atoms with E-state index in [-0.39, 0.29) is 18.6 Å². The fourth-order valence-corrected chi connectivity index (χ4v) is 6.45. The lowest BCUT2D eigenvalue weighted by Crippen LogP contribution is -3.11. The largest absolute Gasteiger partial charge is 1.00 e. The summed E-state index contributed by atoms with van der Waals surface area (Å²) in [6, 6.07) is 38.0. The molecule has 1 N–H and O–H groups in total. The van der Waals surface area contributed by atoms with Crippen LogP contribution in [0.3, 0.4) is 0 Å². The third-order valence-electron chi connectivity index (χ3n) is 8.09. The number of hydrogen-bond acceptors (Lipinski definition) is 3. The number of ether oxygens (including phenoxy) is 1. The van der Waals surface area contributed by atoms with Crippen molar-refractivity contribution in [2.24, 2.45) is 0 Å². The first-order valence-corrected chi connectivity index (χ1v) is 14.8. The van der Waals surface area contributed by atoms with E-state index in [1.54, 1.807) is 0 Å². The maximum absolute atomic E-state index is 7.02. The van der Waals surface area contributed by atoms with Gasteiger partial charge in [-0.2, -0.15) is 0 Å². The van der Waals surface area contributed by atoms with Crippen LogP contribution in [0.25, 0.3) is 21.5 Å². The van der Waals surface area contributed by atoms with Crippen molar-refractivity contribution in [3.05, 3.63) is 155 Å². The number of fused-ring (bicyclic) bond motifs is 3. The minimum absolute atomic E-state index is 0. The number of nitrogens with one attached hydrogen (secondary N) is 1. The lowest BCUT2D eigenvalue weighted by Gasteiger charge is -2.27. The second-order valence-electron chi connectivity index (χ2n) is 10.8. The molecule has 2 aliphatic rings. The van der Waals surface area contributed by atoms with Gasteiger partial charge in [0.25, 0.3) is 0 Å². The summed E-state index contributed by atoms with van der Waals surface area (Å²) in [4.78, 5) is 5.32. The predicted molar refractivity (Wildman–Crippen MR) is 173 cm³/mol. The summed E-state index contributed by atoms with van der Waals surface area (Å²) in [5.74, 6) is 1.63. The minimum Gasteiger partial charge on any atom is -1.00 e. The summed E-state index contributed by atoms with van der Waals surface area (Å²) in [5.41, 5.74) is 3.42. The van der Waals surface area contributed by atoms with Gasteiger partial charge in [0.05, 0.1) is 5.69 Å². The van der Waals surface area contributed by atoms with Crippen LogP contribution in [0.1, 0.15) is 11.1 Å². The van der Waals surface area contributed by atoms with Gasteiger partial charge in [-0.05, 0) is 75.1 Å². The number of para-hydroxylation sites is 2. The van der Waals surface area contributed by atoms with E-state index in [1.807, 2.05) is 31.3 Å². The molecule has 2 atom stereocenters. The lowest BCUT2D eigenvalue weighted by atomic mass is 10.1. The van der Waals surface area contributed by atoms with Crippen LogP contribution >= 0.6 is 23.2 Å². The molecule has 2 aliphatic heterocycles. The van der Waals surface area contributed by atoms with Crippen LogP contribution in [0.5, 0.6) is 5.75 Å². The van der Waals surface area contributed by atoms with Crippen LogP contribution in [0.2, 0.25) is 0 Å². The maximum atomic E-state index is 7.02. The van der Waals surface area contributed by atoms with Gasteiger partial charge in [-0.15, -0.1) is 0 Å². The van der Waals surface area contributed by atoms with E-state index in [9.17, 15) is 0 Å². The quantitative estimate of drug-likeness (QED) is 0.275. The normalized spacial score (nSPS) is 19.0. The van der Waals surface area contributed by atoms with E-state index < -0.39 is 0 Å². The SMILES string of the molecule is CN1/C(=C/C=C/C2N(Cc3ccc4ccccc4c3)C(Cl)=C(Cl)[NH+]2Cc2ccc3ccccc3c2)Oc2ccccc21.[Cl-]. The third kappa shape index (κ3) is 5.72. The minimum atomic E-state index is -0.117. The van der Waals surface area contributed by atoms with Crippen LogP contribution in [0, 0.1) is 0 Å². The van der Waals surface area contributed by atoms with Crippen LogP contribution in [0.15, 0.2) is 144 Å². The molecule has 7 heteroatoms. The van der Waals surface area contributed by atoms with Gasteiger partial charge in [-0.25, -0.2) is 0 Å². The number of benzene rings is 5. The summed E-state index contributed by atoms with van der Waals surface area (Å²) in [7, 11) is 2.01. The van der Waals surface area contributed by atoms with Gasteiger partial charge >= 0.3 is 0 Å². The summed E-state index contributed by atoms with van der Waals surface area (Å²) < 4.78 is 6.11. The summed E-state index contributed by atoms with van der Waals surface area (Å²) >= 11 is 14.0. The first-order chi connectivity index (χ1) is 20.5. The van der Waals surface area contributed by atoms with Gasteiger partial charge in [-0.1, -0.05) is 103 Å². The fourth-order valence-electron chi connectivity index (χ4n) is 5.88. The Morgan fingerprint density at radius 2 is 1.37 bits per heavy atom. The highest BCUT2D eigenvalue weighted by atomic mass is 35.5. The predicted octanol–water partition coefficient (Wildman–Crippen LogP) is 4.75. The Labute approximate surface area is 268 Å². The van der Waals surface area contributed by atoms with Crippen LogP contribution < -0.4 is 26.9 Å². The van der Waals surface area contributed by atoms with Crippen molar-refractivity contribution >= 4 is 50.4 Å². The van der Waals surface area contributed by atoms with Gasteiger partial charge in [0.2, 0.25) is 5.16 Å². The molecule has 0 bridgehead atoms. The first-order valence-electron chi connectivity index (χ1n) is 14.1. The van der Waals surface area contributed by atoms with Crippen LogP contribution in [-0.2, 0) is 13.1 Å². The number of anilines is 1. The van der Waals surface area contributed by atoms with Gasteiger partial charge in [0, 0.05) is 19.2 Å². The highest BCUT2D eigenvalue weighted by Gasteiger charge is 2.40. The average molecular weight is 627 g/mol.